The Labute approximate surface area is 722 Å². The number of unbranched alkanes of at least 4 members (excludes halogenated alkanes) is 16. The molecule has 700 valence electrons. The molecule has 0 saturated carbocycles. The number of ether oxygens (including phenoxy) is 8. The molecule has 0 aliphatic heterocycles. The van der Waals surface area contributed by atoms with Crippen molar-refractivity contribution < 1.29 is 138 Å². The van der Waals surface area contributed by atoms with Crippen molar-refractivity contribution in [3.05, 3.63) is 18.2 Å². The zero-order chi connectivity index (χ0) is 90.1. The lowest BCUT2D eigenvalue weighted by molar-refractivity contribution is -0.144. The number of aromatic nitrogens is 2. The van der Waals surface area contributed by atoms with Gasteiger partial charge in [0.15, 0.2) is 5.78 Å². The summed E-state index contributed by atoms with van der Waals surface area (Å²) in [6, 6.07) is -1.16. The number of aryl methyl sites for hydroxylation is 1. The maximum atomic E-state index is 14.1. The maximum absolute atomic E-state index is 14.1. The van der Waals surface area contributed by atoms with E-state index in [0.717, 1.165) is 82.7 Å². The van der Waals surface area contributed by atoms with Crippen LogP contribution in [0.15, 0.2) is 12.5 Å². The van der Waals surface area contributed by atoms with Crippen molar-refractivity contribution in [1.29, 1.82) is 0 Å². The summed E-state index contributed by atoms with van der Waals surface area (Å²) >= 11 is 0. The first kappa shape index (κ1) is 112. The predicted octanol–water partition coefficient (Wildman–Crippen LogP) is 8.96. The molecule has 0 aromatic carbocycles. The summed E-state index contributed by atoms with van der Waals surface area (Å²) in [5.41, 5.74) is -0.279. The molecule has 35 heteroatoms. The van der Waals surface area contributed by atoms with Gasteiger partial charge in [-0.15, -0.1) is 0 Å². The van der Waals surface area contributed by atoms with Gasteiger partial charge in [-0.1, -0.05) is 104 Å². The van der Waals surface area contributed by atoms with Crippen LogP contribution in [-0.4, -0.2) is 262 Å². The normalized spacial score (nSPS) is 12.4. The first-order valence-corrected chi connectivity index (χ1v) is 44.1. The van der Waals surface area contributed by atoms with Crippen LogP contribution in [0.3, 0.4) is 0 Å². The van der Waals surface area contributed by atoms with E-state index in [1.165, 1.54) is 13.3 Å². The van der Waals surface area contributed by atoms with Gasteiger partial charge in [0.25, 0.3) is 0 Å². The molecule has 5 amide bonds. The smallest absolute Gasteiger partial charge is 0.326 e. The van der Waals surface area contributed by atoms with E-state index in [4.69, 9.17) is 48.1 Å². The number of hydrogen-bond donors (Lipinski definition) is 10. The second-order valence-electron chi connectivity index (χ2n) is 31.6. The fourth-order valence-corrected chi connectivity index (χ4v) is 13.0. The number of aromatic amines is 1. The minimum absolute atomic E-state index is 0. The number of carboxylic acid groups (broad SMARTS) is 4. The Balaban J connectivity index is 0. The van der Waals surface area contributed by atoms with Crippen molar-refractivity contribution in [2.45, 2.75) is 284 Å². The average Bonchev–Trinajstić information content (AvgIpc) is 0.914. The summed E-state index contributed by atoms with van der Waals surface area (Å²) in [4.78, 5) is 205. The molecule has 1 aromatic rings. The van der Waals surface area contributed by atoms with E-state index in [1.807, 2.05) is 0 Å². The third kappa shape index (κ3) is 67.3. The summed E-state index contributed by atoms with van der Waals surface area (Å²) in [7, 11) is 0. The molecule has 0 radical (unpaired) electrons. The third-order valence-corrected chi connectivity index (χ3v) is 20.2. The van der Waals surface area contributed by atoms with E-state index in [0.29, 0.717) is 96.4 Å². The highest BCUT2D eigenvalue weighted by Crippen LogP contribution is 2.31. The number of H-pyrrole nitrogens is 1. The van der Waals surface area contributed by atoms with E-state index in [-0.39, 0.29) is 288 Å². The predicted molar refractivity (Wildman–Crippen MR) is 453 cm³/mol. The van der Waals surface area contributed by atoms with Crippen molar-refractivity contribution in [3.63, 3.8) is 0 Å². The number of rotatable bonds is 89. The standard InChI is InChI=1S/C87H145N7O28.2H2/c1-66(95)67(26-20-22-40-89-80(104)62-120-53-49-116-45-25-30-74(99)61-119-52-50-117-46-42-91-78(102)39-34-69(85(111)112)56-72(97)28-16-12-8-4-6-10-14-18-32-83(107)108)57-76(100)68(58-77(101)87(2,3)59-73(98)36-35-70-60-88-65-93-70)27-21-23-41-90-81(105)63-122-55-51-118-47-43-92-82(106)64-121-54-48-115-44-24-29-71(96)37-38-75(86(113)114)94-79(103)31-17-13-9-5-7-11-15-19-33-84(109)110;;/h60,65,67-69,75H,4-59,61-64H2,1-3H3,(H,88,93)(H,89,104)(H,90,105)(H,91,102)(H,92,106)(H,94,103)(H,107,108)(H,109,110)(H,111,112)(H,113,114);2*1H/t67-,68-,69-,75+;;/m1../s1. The van der Waals surface area contributed by atoms with Crippen LogP contribution in [0.2, 0.25) is 0 Å². The van der Waals surface area contributed by atoms with E-state index >= 15 is 0 Å². The number of carbonyl (C=O) groups is 16. The lowest BCUT2D eigenvalue weighted by atomic mass is 9.76. The molecular formula is C87H149N7O28. The molecule has 0 saturated heterocycles. The fourth-order valence-electron chi connectivity index (χ4n) is 13.0. The van der Waals surface area contributed by atoms with Gasteiger partial charge in [0.05, 0.1) is 78.3 Å². The van der Waals surface area contributed by atoms with Crippen LogP contribution in [0.25, 0.3) is 0 Å². The van der Waals surface area contributed by atoms with Crippen LogP contribution in [0.1, 0.15) is 280 Å². The van der Waals surface area contributed by atoms with E-state index in [1.54, 1.807) is 20.0 Å². The van der Waals surface area contributed by atoms with Gasteiger partial charge in [-0.25, -0.2) is 9.78 Å². The van der Waals surface area contributed by atoms with Crippen molar-refractivity contribution in [3.8, 4) is 0 Å². The number of nitrogens with one attached hydrogen (secondary N) is 6. The Morgan fingerprint density at radius 2 is 0.803 bits per heavy atom. The second kappa shape index (κ2) is 74.3. The Morgan fingerprint density at radius 1 is 0.369 bits per heavy atom. The Kier molecular flexibility index (Phi) is 68.1. The Morgan fingerprint density at radius 3 is 1.28 bits per heavy atom. The van der Waals surface area contributed by atoms with Gasteiger partial charge in [0.2, 0.25) is 29.5 Å². The largest absolute Gasteiger partial charge is 0.481 e. The highest BCUT2D eigenvalue weighted by atomic mass is 16.5. The van der Waals surface area contributed by atoms with Crippen LogP contribution in [0.5, 0.6) is 0 Å². The zero-order valence-electron chi connectivity index (χ0n) is 72.9. The molecule has 0 fully saturated rings. The summed E-state index contributed by atoms with van der Waals surface area (Å²) in [6.07, 6.45) is 22.0. The number of carbonyl (C=O) groups excluding carboxylic acids is 12. The number of aliphatic carboxylic acids is 4. The van der Waals surface area contributed by atoms with Crippen LogP contribution in [-0.2, 0) is 121 Å². The molecular weight excluding hydrogens is 1590 g/mol. The van der Waals surface area contributed by atoms with Crippen LogP contribution < -0.4 is 26.6 Å². The quantitative estimate of drug-likeness (QED) is 0.0272. The zero-order valence-corrected chi connectivity index (χ0v) is 72.9. The summed E-state index contributed by atoms with van der Waals surface area (Å²) < 4.78 is 43.6. The highest BCUT2D eigenvalue weighted by Gasteiger charge is 2.35. The number of nitrogens with zero attached hydrogens (tertiary/aromatic N) is 1. The van der Waals surface area contributed by atoms with Gasteiger partial charge < -0.3 is 89.9 Å². The van der Waals surface area contributed by atoms with Gasteiger partial charge in [0, 0.05) is 155 Å². The molecule has 1 heterocycles. The molecule has 4 atom stereocenters. The maximum Gasteiger partial charge on any atom is 0.326 e. The first-order chi connectivity index (χ1) is 58.6. The number of imidazole rings is 1. The first-order valence-electron chi connectivity index (χ1n) is 44.1. The highest BCUT2D eigenvalue weighted by molar-refractivity contribution is 5.95. The number of ketones is 7. The van der Waals surface area contributed by atoms with Crippen LogP contribution >= 0.6 is 0 Å². The third-order valence-electron chi connectivity index (χ3n) is 20.2. The molecule has 0 aliphatic rings. The average molecular weight is 1740 g/mol. The van der Waals surface area contributed by atoms with Gasteiger partial charge in [-0.2, -0.15) is 0 Å². The molecule has 1 rings (SSSR count). The molecule has 0 bridgehead atoms. The van der Waals surface area contributed by atoms with Crippen LogP contribution in [0, 0.1) is 23.2 Å². The SMILES string of the molecule is CC(=O)[C@H](CCCCNC(=O)COCCOCCCC(=O)COCCOCCNC(=O)CC[C@H](CC(=O)CCCCCCCCCCC(=O)O)C(=O)O)CC(=O)[C@H](CCCCNC(=O)COCCOCCNC(=O)COCCOCCCC(=O)CC[C@H](NC(=O)CCCCCCCCCCC(=O)O)C(=O)O)CC(=O)C(C)(C)CC(=O)CCc1cnc[nH]1.[HH].[HH]. The van der Waals surface area contributed by atoms with Crippen molar-refractivity contribution in [2.24, 2.45) is 23.2 Å². The fraction of sp³-hybridized carbons (Fsp3) is 0.782. The lowest BCUT2D eigenvalue weighted by Gasteiger charge is -2.26. The molecule has 0 spiro atoms. The van der Waals surface area contributed by atoms with E-state index in [2.05, 4.69) is 36.6 Å². The topological polar surface area (TPSA) is 517 Å². The van der Waals surface area contributed by atoms with E-state index < -0.39 is 53.1 Å². The molecule has 0 aliphatic carbocycles. The van der Waals surface area contributed by atoms with Gasteiger partial charge >= 0.3 is 23.9 Å². The Bertz CT molecular complexity index is 3170. The Hall–Kier alpha value is -8.19. The number of carboxylic acids is 4. The van der Waals surface area contributed by atoms with Gasteiger partial charge in [0.1, 0.15) is 67.2 Å². The summed E-state index contributed by atoms with van der Waals surface area (Å²) in [5.74, 6) is -9.26. The van der Waals surface area contributed by atoms with Crippen molar-refractivity contribution >= 4 is 93.9 Å². The molecule has 10 N–H and O–H groups in total. The van der Waals surface area contributed by atoms with Crippen LogP contribution in [0.4, 0.5) is 0 Å². The molecule has 35 nitrogen and oxygen atoms in total. The molecule has 122 heavy (non-hydrogen) atoms. The van der Waals surface area contributed by atoms with Gasteiger partial charge in [-0.05, 0) is 90.4 Å². The van der Waals surface area contributed by atoms with Gasteiger partial charge in [-0.3, -0.25) is 71.9 Å². The number of amides is 5. The lowest BCUT2D eigenvalue weighted by Crippen LogP contribution is -2.41. The molecule has 1 aromatic heterocycles. The second-order valence-corrected chi connectivity index (χ2v) is 31.6. The molecule has 0 unspecified atom stereocenters. The summed E-state index contributed by atoms with van der Waals surface area (Å²) in [6.45, 7) is 7.04. The van der Waals surface area contributed by atoms with Crippen molar-refractivity contribution in [1.82, 2.24) is 36.6 Å². The monoisotopic (exact) mass is 1740 g/mol. The van der Waals surface area contributed by atoms with E-state index in [9.17, 15) is 86.9 Å². The number of hydrogen-bond acceptors (Lipinski definition) is 25. The summed E-state index contributed by atoms with van der Waals surface area (Å²) in [5, 5.41) is 50.0. The number of Topliss-reactive ketones (excluding diaryl/α,β-unsaturated/α-hetero) is 7. The van der Waals surface area contributed by atoms with Crippen molar-refractivity contribution in [2.75, 3.05) is 132 Å². The minimum atomic E-state index is -1.21. The minimum Gasteiger partial charge on any atom is -0.481 e.